The Hall–Kier alpha value is -3.72. The number of imide groups is 1. The van der Waals surface area contributed by atoms with Crippen molar-refractivity contribution in [1.82, 2.24) is 14.5 Å². The lowest BCUT2D eigenvalue weighted by Gasteiger charge is -2.46. The van der Waals surface area contributed by atoms with Crippen molar-refractivity contribution < 1.29 is 24.2 Å². The number of methoxy groups -OCH3 is 1. The van der Waals surface area contributed by atoms with Gasteiger partial charge in [0.05, 0.1) is 39.3 Å². The van der Waals surface area contributed by atoms with Crippen molar-refractivity contribution in [1.29, 1.82) is 0 Å². The Morgan fingerprint density at radius 2 is 1.57 bits per heavy atom. The molecule has 5 aromatic rings. The number of fused-ring (bicyclic) bond motifs is 13. The summed E-state index contributed by atoms with van der Waals surface area (Å²) in [5.41, 5.74) is 3.10. The number of para-hydroxylation sites is 2. The van der Waals surface area contributed by atoms with Crippen LogP contribution >= 0.6 is 0 Å². The molecule has 174 valence electrons. The number of ether oxygens (including phenoxy) is 2. The molecule has 1 saturated heterocycles. The molecule has 0 aliphatic carbocycles. The summed E-state index contributed by atoms with van der Waals surface area (Å²) in [5.74, 6) is -0.783. The number of nitrogens with zero attached hydrogens (tertiary/aromatic N) is 2. The van der Waals surface area contributed by atoms with Gasteiger partial charge in [0, 0.05) is 35.1 Å². The molecule has 2 unspecified atom stereocenters. The normalized spacial score (nSPS) is 27.3. The Morgan fingerprint density at radius 1 is 0.971 bits per heavy atom. The zero-order valence-electron chi connectivity index (χ0n) is 19.0. The van der Waals surface area contributed by atoms with Crippen molar-refractivity contribution in [2.24, 2.45) is 0 Å². The molecule has 2 amide bonds. The van der Waals surface area contributed by atoms with Gasteiger partial charge in [-0.1, -0.05) is 36.4 Å². The highest BCUT2D eigenvalue weighted by atomic mass is 16.6. The van der Waals surface area contributed by atoms with Crippen LogP contribution in [0.25, 0.3) is 43.6 Å². The van der Waals surface area contributed by atoms with Crippen LogP contribution in [0.5, 0.6) is 0 Å². The predicted molar refractivity (Wildman–Crippen MR) is 129 cm³/mol. The Labute approximate surface area is 198 Å². The van der Waals surface area contributed by atoms with E-state index in [1.807, 2.05) is 55.5 Å². The number of hydrogen-bond donors (Lipinski definition) is 2. The second-order valence-corrected chi connectivity index (χ2v) is 9.81. The fraction of sp³-hybridized carbons (Fsp3) is 0.259. The predicted octanol–water partition coefficient (Wildman–Crippen LogP) is 3.77. The number of rotatable bonds is 1. The van der Waals surface area contributed by atoms with Gasteiger partial charge >= 0.3 is 0 Å². The molecule has 1 fully saturated rings. The molecule has 3 aliphatic rings. The first-order valence-electron chi connectivity index (χ1n) is 11.7. The summed E-state index contributed by atoms with van der Waals surface area (Å²) in [6.45, 7) is 1.93. The Morgan fingerprint density at radius 3 is 2.26 bits per heavy atom. The lowest BCUT2D eigenvalue weighted by atomic mass is 9.95. The molecule has 35 heavy (non-hydrogen) atoms. The summed E-state index contributed by atoms with van der Waals surface area (Å²) >= 11 is 0. The van der Waals surface area contributed by atoms with Crippen molar-refractivity contribution in [3.63, 3.8) is 0 Å². The molecule has 8 rings (SSSR count). The van der Waals surface area contributed by atoms with E-state index < -0.39 is 30.1 Å². The van der Waals surface area contributed by atoms with E-state index in [1.165, 1.54) is 0 Å². The number of carbonyl (C=O) groups is 2. The lowest BCUT2D eigenvalue weighted by Crippen LogP contribution is -2.56. The van der Waals surface area contributed by atoms with Crippen LogP contribution in [0.15, 0.2) is 48.5 Å². The van der Waals surface area contributed by atoms with E-state index in [9.17, 15) is 14.7 Å². The SMILES string of the molecule is COC1[C@@H](O)CC2O[C@@]1(C)n1c3ccccc3c3c4c(c5c6ccccc6n2c5c31)C(=O)NC4=O. The van der Waals surface area contributed by atoms with Crippen molar-refractivity contribution in [2.45, 2.75) is 37.5 Å². The molecule has 3 aromatic carbocycles. The van der Waals surface area contributed by atoms with Crippen LogP contribution in [0.1, 0.15) is 40.3 Å². The van der Waals surface area contributed by atoms with Crippen molar-refractivity contribution in [3.05, 3.63) is 59.7 Å². The van der Waals surface area contributed by atoms with E-state index in [2.05, 4.69) is 14.5 Å². The molecule has 8 heteroatoms. The summed E-state index contributed by atoms with van der Waals surface area (Å²) in [7, 11) is 1.58. The third-order valence-corrected chi connectivity index (χ3v) is 8.12. The number of aromatic nitrogens is 2. The molecular weight excluding hydrogens is 446 g/mol. The quantitative estimate of drug-likeness (QED) is 0.366. The molecule has 5 heterocycles. The van der Waals surface area contributed by atoms with Crippen LogP contribution in [-0.4, -0.2) is 45.4 Å². The number of benzene rings is 3. The maximum atomic E-state index is 13.3. The van der Waals surface area contributed by atoms with Gasteiger partial charge in [0.2, 0.25) is 0 Å². The molecule has 2 aromatic heterocycles. The Bertz CT molecular complexity index is 1810. The molecule has 0 spiro atoms. The van der Waals surface area contributed by atoms with Gasteiger partial charge in [-0.25, -0.2) is 0 Å². The number of carbonyl (C=O) groups excluding carboxylic acids is 2. The first kappa shape index (κ1) is 19.6. The van der Waals surface area contributed by atoms with E-state index in [1.54, 1.807) is 7.11 Å². The van der Waals surface area contributed by atoms with E-state index >= 15 is 0 Å². The Kier molecular flexibility index (Phi) is 3.41. The van der Waals surface area contributed by atoms with Crippen LogP contribution < -0.4 is 5.32 Å². The number of aliphatic hydroxyl groups excluding tert-OH is 1. The summed E-state index contributed by atoms with van der Waals surface area (Å²) < 4.78 is 16.9. The number of nitrogens with one attached hydrogen (secondary N) is 1. The molecule has 0 radical (unpaired) electrons. The molecular formula is C27H21N3O5. The molecule has 2 N–H and O–H groups in total. The minimum absolute atomic E-state index is 0.328. The fourth-order valence-electron chi connectivity index (χ4n) is 6.95. The highest BCUT2D eigenvalue weighted by molar-refractivity contribution is 6.39. The summed E-state index contributed by atoms with van der Waals surface area (Å²) in [4.78, 5) is 26.5. The van der Waals surface area contributed by atoms with Crippen molar-refractivity contribution in [2.75, 3.05) is 7.11 Å². The van der Waals surface area contributed by atoms with Crippen LogP contribution in [0.3, 0.4) is 0 Å². The smallest absolute Gasteiger partial charge is 0.259 e. The van der Waals surface area contributed by atoms with Gasteiger partial charge in [0.1, 0.15) is 12.3 Å². The van der Waals surface area contributed by atoms with E-state index in [0.717, 1.165) is 43.6 Å². The van der Waals surface area contributed by atoms with Crippen LogP contribution in [0.2, 0.25) is 0 Å². The molecule has 3 aliphatic heterocycles. The van der Waals surface area contributed by atoms with Gasteiger partial charge in [0.15, 0.2) is 5.72 Å². The van der Waals surface area contributed by atoms with E-state index in [-0.39, 0.29) is 5.91 Å². The average Bonchev–Trinajstić information content (AvgIpc) is 3.44. The minimum atomic E-state index is -1.07. The van der Waals surface area contributed by atoms with Crippen LogP contribution in [-0.2, 0) is 15.2 Å². The Balaban J connectivity index is 1.77. The summed E-state index contributed by atoms with van der Waals surface area (Å²) in [6.07, 6.45) is -1.60. The summed E-state index contributed by atoms with van der Waals surface area (Å²) in [5, 5.41) is 17.0. The van der Waals surface area contributed by atoms with Gasteiger partial charge in [-0.05, 0) is 19.1 Å². The van der Waals surface area contributed by atoms with Gasteiger partial charge in [-0.2, -0.15) is 0 Å². The molecule has 8 nitrogen and oxygen atoms in total. The van der Waals surface area contributed by atoms with Crippen molar-refractivity contribution >= 4 is 55.4 Å². The molecule has 2 bridgehead atoms. The third kappa shape index (κ3) is 2.03. The number of hydrogen-bond acceptors (Lipinski definition) is 5. The average molecular weight is 467 g/mol. The monoisotopic (exact) mass is 467 g/mol. The molecule has 4 atom stereocenters. The minimum Gasteiger partial charge on any atom is -0.390 e. The maximum Gasteiger partial charge on any atom is 0.259 e. The number of amides is 2. The standard InChI is InChI=1S/C27H21N3O5/c1-27-24(34-2)16(31)11-17(35-27)29-14-9-5-3-7-12(14)18-20-21(26(33)28-25(20)32)19-13-8-4-6-10-15(13)30(27)23(19)22(18)29/h3-10,16-17,24,31H,11H2,1-2H3,(H,28,32,33)/t16-,17?,24?,27+/m0/s1. The van der Waals surface area contributed by atoms with Gasteiger partial charge in [-0.15, -0.1) is 0 Å². The van der Waals surface area contributed by atoms with Gasteiger partial charge in [0.25, 0.3) is 11.8 Å². The summed E-state index contributed by atoms with van der Waals surface area (Å²) in [6, 6.07) is 15.7. The lowest BCUT2D eigenvalue weighted by molar-refractivity contribution is -0.278. The fourth-order valence-corrected chi connectivity index (χ4v) is 6.95. The van der Waals surface area contributed by atoms with E-state index in [0.29, 0.717) is 17.5 Å². The van der Waals surface area contributed by atoms with E-state index in [4.69, 9.17) is 9.47 Å². The first-order chi connectivity index (χ1) is 17.0. The topological polar surface area (TPSA) is 94.7 Å². The maximum absolute atomic E-state index is 13.3. The largest absolute Gasteiger partial charge is 0.390 e. The second kappa shape index (κ2) is 6.09. The second-order valence-electron chi connectivity index (χ2n) is 9.81. The highest BCUT2D eigenvalue weighted by Crippen LogP contribution is 2.53. The third-order valence-electron chi connectivity index (χ3n) is 8.12. The van der Waals surface area contributed by atoms with Crippen LogP contribution in [0.4, 0.5) is 0 Å². The zero-order valence-corrected chi connectivity index (χ0v) is 19.0. The highest BCUT2D eigenvalue weighted by Gasteiger charge is 2.53. The molecule has 0 saturated carbocycles. The van der Waals surface area contributed by atoms with Gasteiger partial charge in [-0.3, -0.25) is 14.9 Å². The van der Waals surface area contributed by atoms with Crippen molar-refractivity contribution in [3.8, 4) is 0 Å². The van der Waals surface area contributed by atoms with Crippen LogP contribution in [0, 0.1) is 0 Å². The van der Waals surface area contributed by atoms with Gasteiger partial charge < -0.3 is 23.7 Å². The number of aliphatic hydroxyl groups is 1. The first-order valence-corrected chi connectivity index (χ1v) is 11.7. The zero-order chi connectivity index (χ0) is 23.8.